The van der Waals surface area contributed by atoms with Crippen molar-refractivity contribution in [1.29, 1.82) is 0 Å². The van der Waals surface area contributed by atoms with E-state index < -0.39 is 0 Å². The van der Waals surface area contributed by atoms with Gasteiger partial charge < -0.3 is 4.90 Å². The molecular formula is C32H39N3. The first-order valence-electron chi connectivity index (χ1n) is 13.2. The number of anilines is 2. The van der Waals surface area contributed by atoms with Crippen molar-refractivity contribution >= 4 is 23.2 Å². The van der Waals surface area contributed by atoms with Crippen molar-refractivity contribution in [2.45, 2.75) is 58.9 Å². The normalized spacial score (nSPS) is 15.7. The molecule has 1 heterocycles. The Bertz CT molecular complexity index is 1110. The van der Waals surface area contributed by atoms with E-state index in [-0.39, 0.29) is 6.04 Å². The molecule has 35 heavy (non-hydrogen) atoms. The Labute approximate surface area is 211 Å². The van der Waals surface area contributed by atoms with Crippen LogP contribution in [-0.2, 0) is 0 Å². The standard InChI is InChI=1S/C32H39N3/c1-5-26(6-2)27-17-19-28(20-18-27)32-24-29(33-35(32)31-12-10-9-11-13-31)21-14-25-15-22-30(23-16-25)34(7-3)8-4/h9-23,26,32H,5-8,24H2,1-4H3/b21-14+. The van der Waals surface area contributed by atoms with Crippen molar-refractivity contribution in [1.82, 2.24) is 0 Å². The number of hydrazone groups is 1. The predicted octanol–water partition coefficient (Wildman–Crippen LogP) is 8.46. The third kappa shape index (κ3) is 5.85. The molecule has 1 aliphatic rings. The van der Waals surface area contributed by atoms with Crippen LogP contribution in [0.4, 0.5) is 11.4 Å². The molecule has 4 rings (SSSR count). The monoisotopic (exact) mass is 465 g/mol. The lowest BCUT2D eigenvalue weighted by atomic mass is 9.91. The molecule has 0 N–H and O–H groups in total. The minimum Gasteiger partial charge on any atom is -0.372 e. The summed E-state index contributed by atoms with van der Waals surface area (Å²) in [5, 5.41) is 7.24. The Morgan fingerprint density at radius 2 is 1.49 bits per heavy atom. The molecule has 0 saturated heterocycles. The van der Waals surface area contributed by atoms with E-state index in [9.17, 15) is 0 Å². The summed E-state index contributed by atoms with van der Waals surface area (Å²) in [6.45, 7) is 11.0. The van der Waals surface area contributed by atoms with Gasteiger partial charge in [-0.2, -0.15) is 5.10 Å². The van der Waals surface area contributed by atoms with Crippen molar-refractivity contribution in [3.63, 3.8) is 0 Å². The SMILES string of the molecule is CCC(CC)c1ccc(C2CC(/C=C/c3ccc(N(CC)CC)cc3)=NN2c2ccccc2)cc1. The third-order valence-electron chi connectivity index (χ3n) is 7.22. The molecule has 1 atom stereocenters. The molecule has 0 spiro atoms. The third-order valence-corrected chi connectivity index (χ3v) is 7.22. The molecule has 0 saturated carbocycles. The molecule has 0 fully saturated rings. The van der Waals surface area contributed by atoms with Crippen molar-refractivity contribution < 1.29 is 0 Å². The first-order chi connectivity index (χ1) is 17.2. The number of hydrogen-bond donors (Lipinski definition) is 0. The first-order valence-corrected chi connectivity index (χ1v) is 13.2. The molecule has 0 bridgehead atoms. The fraction of sp³-hybridized carbons (Fsp3) is 0.344. The van der Waals surface area contributed by atoms with Gasteiger partial charge in [-0.15, -0.1) is 0 Å². The van der Waals surface area contributed by atoms with Crippen molar-refractivity contribution in [3.8, 4) is 0 Å². The fourth-order valence-electron chi connectivity index (χ4n) is 5.04. The zero-order chi connectivity index (χ0) is 24.6. The van der Waals surface area contributed by atoms with Gasteiger partial charge >= 0.3 is 0 Å². The number of allylic oxidation sites excluding steroid dienone is 1. The van der Waals surface area contributed by atoms with E-state index in [0.717, 1.165) is 30.9 Å². The van der Waals surface area contributed by atoms with Gasteiger partial charge in [-0.3, -0.25) is 5.01 Å². The van der Waals surface area contributed by atoms with Crippen LogP contribution in [0.3, 0.4) is 0 Å². The number of hydrogen-bond acceptors (Lipinski definition) is 3. The Balaban J connectivity index is 1.55. The van der Waals surface area contributed by atoms with Crippen molar-refractivity contribution in [2.24, 2.45) is 5.10 Å². The van der Waals surface area contributed by atoms with Crippen LogP contribution in [0.1, 0.15) is 75.6 Å². The Hall–Kier alpha value is -3.33. The molecule has 182 valence electrons. The van der Waals surface area contributed by atoms with Crippen LogP contribution >= 0.6 is 0 Å². The Kier molecular flexibility index (Phi) is 8.41. The second-order valence-corrected chi connectivity index (χ2v) is 9.27. The van der Waals surface area contributed by atoms with Gasteiger partial charge in [0.25, 0.3) is 0 Å². The molecule has 0 aromatic heterocycles. The summed E-state index contributed by atoms with van der Waals surface area (Å²) in [5.74, 6) is 0.640. The maximum atomic E-state index is 5.05. The van der Waals surface area contributed by atoms with Gasteiger partial charge in [0.05, 0.1) is 17.4 Å². The molecule has 3 aromatic rings. The molecule has 3 nitrogen and oxygen atoms in total. The van der Waals surface area contributed by atoms with Crippen molar-refractivity contribution in [3.05, 3.63) is 102 Å². The van der Waals surface area contributed by atoms with E-state index in [1.165, 1.54) is 35.2 Å². The number of nitrogens with zero attached hydrogens (tertiary/aromatic N) is 3. The minimum atomic E-state index is 0.206. The van der Waals surface area contributed by atoms with Crippen LogP contribution in [0.15, 0.2) is 90.0 Å². The molecule has 0 radical (unpaired) electrons. The zero-order valence-corrected chi connectivity index (χ0v) is 21.7. The van der Waals surface area contributed by atoms with E-state index in [2.05, 4.69) is 129 Å². The van der Waals surface area contributed by atoms with Gasteiger partial charge in [0, 0.05) is 25.2 Å². The summed E-state index contributed by atoms with van der Waals surface area (Å²) in [5.41, 5.74) is 7.48. The molecule has 3 heteroatoms. The smallest absolute Gasteiger partial charge is 0.0831 e. The lowest BCUT2D eigenvalue weighted by molar-refractivity contribution is 0.640. The van der Waals surface area contributed by atoms with E-state index in [4.69, 9.17) is 5.10 Å². The summed E-state index contributed by atoms with van der Waals surface area (Å²) in [6.07, 6.45) is 7.63. The minimum absolute atomic E-state index is 0.206. The highest BCUT2D eigenvalue weighted by Crippen LogP contribution is 2.36. The van der Waals surface area contributed by atoms with Gasteiger partial charge in [0.2, 0.25) is 0 Å². The summed E-state index contributed by atoms with van der Waals surface area (Å²) >= 11 is 0. The molecule has 1 aliphatic heterocycles. The second-order valence-electron chi connectivity index (χ2n) is 9.27. The largest absolute Gasteiger partial charge is 0.372 e. The average Bonchev–Trinajstić information content (AvgIpc) is 3.35. The Morgan fingerprint density at radius 1 is 0.829 bits per heavy atom. The highest BCUT2D eigenvalue weighted by Gasteiger charge is 2.28. The number of benzene rings is 3. The molecule has 1 unspecified atom stereocenters. The van der Waals surface area contributed by atoms with E-state index in [1.807, 2.05) is 0 Å². The van der Waals surface area contributed by atoms with Crippen LogP contribution in [0, 0.1) is 0 Å². The van der Waals surface area contributed by atoms with Crippen LogP contribution in [0.25, 0.3) is 6.08 Å². The lowest BCUT2D eigenvalue weighted by Crippen LogP contribution is -2.21. The van der Waals surface area contributed by atoms with Gasteiger partial charge in [0.15, 0.2) is 0 Å². The maximum absolute atomic E-state index is 5.05. The summed E-state index contributed by atoms with van der Waals surface area (Å²) < 4.78 is 0. The summed E-state index contributed by atoms with van der Waals surface area (Å²) in [4.78, 5) is 2.37. The quantitative estimate of drug-likeness (QED) is 0.299. The van der Waals surface area contributed by atoms with Gasteiger partial charge in [0.1, 0.15) is 0 Å². The van der Waals surface area contributed by atoms with Gasteiger partial charge in [-0.25, -0.2) is 0 Å². The summed E-state index contributed by atoms with van der Waals surface area (Å²) in [7, 11) is 0. The predicted molar refractivity (Wildman–Crippen MR) is 153 cm³/mol. The maximum Gasteiger partial charge on any atom is 0.0831 e. The van der Waals surface area contributed by atoms with E-state index >= 15 is 0 Å². The van der Waals surface area contributed by atoms with Crippen LogP contribution < -0.4 is 9.91 Å². The zero-order valence-electron chi connectivity index (χ0n) is 21.7. The first kappa shape index (κ1) is 24.8. The van der Waals surface area contributed by atoms with Crippen LogP contribution in [0.2, 0.25) is 0 Å². The van der Waals surface area contributed by atoms with Crippen molar-refractivity contribution in [2.75, 3.05) is 23.0 Å². The molecule has 0 aliphatic carbocycles. The highest BCUT2D eigenvalue weighted by molar-refractivity contribution is 6.01. The van der Waals surface area contributed by atoms with Gasteiger partial charge in [-0.1, -0.05) is 74.5 Å². The van der Waals surface area contributed by atoms with E-state index in [0.29, 0.717) is 5.92 Å². The molecule has 0 amide bonds. The van der Waals surface area contributed by atoms with Crippen LogP contribution in [0.5, 0.6) is 0 Å². The molecular weight excluding hydrogens is 426 g/mol. The van der Waals surface area contributed by atoms with Crippen LogP contribution in [-0.4, -0.2) is 18.8 Å². The average molecular weight is 466 g/mol. The van der Waals surface area contributed by atoms with E-state index in [1.54, 1.807) is 0 Å². The number of rotatable bonds is 10. The second kappa shape index (κ2) is 11.9. The highest BCUT2D eigenvalue weighted by atomic mass is 15.5. The fourth-order valence-corrected chi connectivity index (χ4v) is 5.04. The lowest BCUT2D eigenvalue weighted by Gasteiger charge is -2.24. The number of para-hydroxylation sites is 1. The molecule has 3 aromatic carbocycles. The van der Waals surface area contributed by atoms with Gasteiger partial charge in [-0.05, 0) is 79.6 Å². The summed E-state index contributed by atoms with van der Waals surface area (Å²) in [6, 6.07) is 28.8. The Morgan fingerprint density at radius 3 is 2.09 bits per heavy atom. The topological polar surface area (TPSA) is 18.8 Å².